The molecular weight excluding hydrogens is 218 g/mol. The fraction of sp³-hybridized carbons (Fsp3) is 0.364. The van der Waals surface area contributed by atoms with Gasteiger partial charge in [0, 0.05) is 18.4 Å². The quantitative estimate of drug-likeness (QED) is 0.737. The highest BCUT2D eigenvalue weighted by Gasteiger charge is 2.41. The van der Waals surface area contributed by atoms with Gasteiger partial charge in [-0.15, -0.1) is 0 Å². The van der Waals surface area contributed by atoms with Crippen molar-refractivity contribution in [2.24, 2.45) is 11.8 Å². The molecule has 0 spiro atoms. The third kappa shape index (κ3) is 1.49. The number of aromatic nitrogens is 4. The van der Waals surface area contributed by atoms with E-state index in [0.717, 1.165) is 17.8 Å². The SMILES string of the molecule is C=C1[C@H](CO)[C@H]1Cn1cnc2c(N)ncnc21. The van der Waals surface area contributed by atoms with Gasteiger partial charge in [0.1, 0.15) is 11.8 Å². The number of hydrogen-bond donors (Lipinski definition) is 2. The highest BCUT2D eigenvalue weighted by molar-refractivity contribution is 5.81. The molecule has 0 radical (unpaired) electrons. The van der Waals surface area contributed by atoms with E-state index in [0.29, 0.717) is 17.3 Å². The van der Waals surface area contributed by atoms with E-state index < -0.39 is 0 Å². The van der Waals surface area contributed by atoms with E-state index >= 15 is 0 Å². The van der Waals surface area contributed by atoms with Crippen LogP contribution in [0.4, 0.5) is 5.82 Å². The molecule has 0 amide bonds. The molecule has 3 rings (SSSR count). The van der Waals surface area contributed by atoms with Crippen LogP contribution >= 0.6 is 0 Å². The third-order valence-electron chi connectivity index (χ3n) is 3.35. The van der Waals surface area contributed by atoms with Gasteiger partial charge in [-0.3, -0.25) is 0 Å². The summed E-state index contributed by atoms with van der Waals surface area (Å²) in [6.45, 7) is 4.82. The molecule has 2 atom stereocenters. The first-order chi connectivity index (χ1) is 8.22. The minimum Gasteiger partial charge on any atom is -0.396 e. The second-order valence-corrected chi connectivity index (χ2v) is 4.30. The summed E-state index contributed by atoms with van der Waals surface area (Å²) in [5.41, 5.74) is 8.16. The molecule has 17 heavy (non-hydrogen) atoms. The van der Waals surface area contributed by atoms with Crippen molar-refractivity contribution in [3.05, 3.63) is 24.8 Å². The second-order valence-electron chi connectivity index (χ2n) is 4.30. The van der Waals surface area contributed by atoms with E-state index in [4.69, 9.17) is 10.8 Å². The maximum absolute atomic E-state index is 9.10. The van der Waals surface area contributed by atoms with Crippen molar-refractivity contribution in [2.75, 3.05) is 12.3 Å². The Morgan fingerprint density at radius 3 is 2.88 bits per heavy atom. The summed E-state index contributed by atoms with van der Waals surface area (Å²) in [6.07, 6.45) is 3.14. The minimum atomic E-state index is 0.160. The molecule has 2 heterocycles. The number of aliphatic hydroxyl groups is 1. The van der Waals surface area contributed by atoms with Crippen LogP contribution in [0.3, 0.4) is 0 Å². The van der Waals surface area contributed by atoms with Gasteiger partial charge in [-0.1, -0.05) is 12.2 Å². The maximum Gasteiger partial charge on any atom is 0.165 e. The number of nitrogens with zero attached hydrogens (tertiary/aromatic N) is 4. The van der Waals surface area contributed by atoms with Gasteiger partial charge < -0.3 is 15.4 Å². The van der Waals surface area contributed by atoms with Gasteiger partial charge in [0.05, 0.1) is 12.9 Å². The number of anilines is 1. The van der Waals surface area contributed by atoms with Gasteiger partial charge in [-0.25, -0.2) is 15.0 Å². The number of fused-ring (bicyclic) bond motifs is 1. The van der Waals surface area contributed by atoms with Gasteiger partial charge in [0.15, 0.2) is 11.5 Å². The molecule has 1 saturated carbocycles. The van der Waals surface area contributed by atoms with Crippen molar-refractivity contribution in [3.63, 3.8) is 0 Å². The molecule has 3 N–H and O–H groups in total. The summed E-state index contributed by atoms with van der Waals surface area (Å²) in [6, 6.07) is 0. The van der Waals surface area contributed by atoms with Crippen LogP contribution in [0.5, 0.6) is 0 Å². The number of rotatable bonds is 3. The Balaban J connectivity index is 1.92. The van der Waals surface area contributed by atoms with Crippen LogP contribution in [0.2, 0.25) is 0 Å². The van der Waals surface area contributed by atoms with Crippen molar-refractivity contribution in [2.45, 2.75) is 6.54 Å². The zero-order valence-corrected chi connectivity index (χ0v) is 9.24. The number of nitrogens with two attached hydrogens (primary N) is 1. The summed E-state index contributed by atoms with van der Waals surface area (Å²) < 4.78 is 1.93. The maximum atomic E-state index is 9.10. The van der Waals surface area contributed by atoms with Gasteiger partial charge in [-0.05, 0) is 0 Å². The number of nitrogen functional groups attached to an aromatic ring is 1. The average molecular weight is 231 g/mol. The Bertz CT molecular complexity index is 591. The molecule has 0 bridgehead atoms. The van der Waals surface area contributed by atoms with E-state index in [-0.39, 0.29) is 12.5 Å². The van der Waals surface area contributed by atoms with E-state index in [1.165, 1.54) is 6.33 Å². The molecule has 1 fully saturated rings. The standard InChI is InChI=1S/C11H13N5O/c1-6-7(8(6)3-17)2-16-5-15-9-10(12)13-4-14-11(9)16/h4-5,7-8,17H,1-3H2,(H2,12,13,14)/t7-,8-/m0/s1. The first-order valence-electron chi connectivity index (χ1n) is 5.43. The van der Waals surface area contributed by atoms with Crippen LogP contribution in [0.15, 0.2) is 24.8 Å². The average Bonchev–Trinajstić information content (AvgIpc) is 2.74. The van der Waals surface area contributed by atoms with E-state index in [1.807, 2.05) is 4.57 Å². The molecule has 0 aromatic carbocycles. The summed E-state index contributed by atoms with van der Waals surface area (Å²) in [4.78, 5) is 12.3. The van der Waals surface area contributed by atoms with Crippen LogP contribution < -0.4 is 5.73 Å². The second kappa shape index (κ2) is 3.53. The highest BCUT2D eigenvalue weighted by atomic mass is 16.3. The number of aliphatic hydroxyl groups excluding tert-OH is 1. The van der Waals surface area contributed by atoms with E-state index in [9.17, 15) is 0 Å². The van der Waals surface area contributed by atoms with Crippen LogP contribution in [-0.4, -0.2) is 31.2 Å². The Morgan fingerprint density at radius 2 is 2.18 bits per heavy atom. The smallest absolute Gasteiger partial charge is 0.165 e. The fourth-order valence-electron chi connectivity index (χ4n) is 2.18. The van der Waals surface area contributed by atoms with Crippen molar-refractivity contribution >= 4 is 17.0 Å². The van der Waals surface area contributed by atoms with Crippen molar-refractivity contribution < 1.29 is 5.11 Å². The van der Waals surface area contributed by atoms with Crippen molar-refractivity contribution in [1.29, 1.82) is 0 Å². The first-order valence-corrected chi connectivity index (χ1v) is 5.43. The van der Waals surface area contributed by atoms with Crippen LogP contribution in [-0.2, 0) is 6.54 Å². The zero-order valence-electron chi connectivity index (χ0n) is 9.24. The summed E-state index contributed by atoms with van der Waals surface area (Å²) in [5, 5.41) is 9.10. The lowest BCUT2D eigenvalue weighted by molar-refractivity contribution is 0.269. The zero-order chi connectivity index (χ0) is 12.0. The molecule has 1 aliphatic carbocycles. The van der Waals surface area contributed by atoms with Crippen molar-refractivity contribution in [1.82, 2.24) is 19.5 Å². The van der Waals surface area contributed by atoms with Crippen LogP contribution in [0.1, 0.15) is 0 Å². The van der Waals surface area contributed by atoms with Crippen LogP contribution in [0, 0.1) is 11.8 Å². The molecule has 88 valence electrons. The summed E-state index contributed by atoms with van der Waals surface area (Å²) in [7, 11) is 0. The van der Waals surface area contributed by atoms with Crippen molar-refractivity contribution in [3.8, 4) is 0 Å². The largest absolute Gasteiger partial charge is 0.396 e. The number of imidazole rings is 1. The van der Waals surface area contributed by atoms with E-state index in [1.54, 1.807) is 6.33 Å². The molecular formula is C11H13N5O. The summed E-state index contributed by atoms with van der Waals surface area (Å²) >= 11 is 0. The Morgan fingerprint density at radius 1 is 1.35 bits per heavy atom. The normalized spacial score (nSPS) is 23.2. The number of hydrogen-bond acceptors (Lipinski definition) is 5. The lowest BCUT2D eigenvalue weighted by Gasteiger charge is -2.01. The predicted molar refractivity (Wildman–Crippen MR) is 62.9 cm³/mol. The van der Waals surface area contributed by atoms with Gasteiger partial charge in [0.2, 0.25) is 0 Å². The topological polar surface area (TPSA) is 89.8 Å². The molecule has 6 heteroatoms. The third-order valence-corrected chi connectivity index (χ3v) is 3.35. The molecule has 0 saturated heterocycles. The van der Waals surface area contributed by atoms with Crippen LogP contribution in [0.25, 0.3) is 11.2 Å². The van der Waals surface area contributed by atoms with Gasteiger partial charge in [0.25, 0.3) is 0 Å². The Kier molecular flexibility index (Phi) is 2.12. The fourth-order valence-corrected chi connectivity index (χ4v) is 2.18. The Hall–Kier alpha value is -1.95. The first kappa shape index (κ1) is 10.2. The highest BCUT2D eigenvalue weighted by Crippen LogP contribution is 2.45. The summed E-state index contributed by atoms with van der Waals surface area (Å²) in [5.74, 6) is 0.919. The van der Waals surface area contributed by atoms with E-state index in [2.05, 4.69) is 21.5 Å². The Labute approximate surface area is 97.8 Å². The molecule has 2 aromatic rings. The molecule has 2 aromatic heterocycles. The molecule has 6 nitrogen and oxygen atoms in total. The van der Waals surface area contributed by atoms with Gasteiger partial charge >= 0.3 is 0 Å². The molecule has 1 aliphatic rings. The lowest BCUT2D eigenvalue weighted by Crippen LogP contribution is -2.03. The molecule has 0 unspecified atom stereocenters. The monoisotopic (exact) mass is 231 g/mol. The predicted octanol–water partition coefficient (Wildman–Crippen LogP) is 0.203. The van der Waals surface area contributed by atoms with Gasteiger partial charge in [-0.2, -0.15) is 0 Å². The molecule has 0 aliphatic heterocycles. The lowest BCUT2D eigenvalue weighted by atomic mass is 10.3. The minimum absolute atomic E-state index is 0.160.